The first kappa shape index (κ1) is 16.2. The van der Waals surface area contributed by atoms with Gasteiger partial charge < -0.3 is 15.4 Å². The first-order chi connectivity index (χ1) is 11.4. The maximum absolute atomic E-state index is 12.7. The summed E-state index contributed by atoms with van der Waals surface area (Å²) in [6, 6.07) is -0.186. The van der Waals surface area contributed by atoms with Gasteiger partial charge in [0.2, 0.25) is 5.91 Å². The van der Waals surface area contributed by atoms with Crippen LogP contribution in [0.2, 0.25) is 0 Å². The van der Waals surface area contributed by atoms with E-state index in [1.807, 2.05) is 0 Å². The Morgan fingerprint density at radius 3 is 2.75 bits per heavy atom. The number of hydrogen-bond donors (Lipinski definition) is 2. The molecule has 24 heavy (non-hydrogen) atoms. The highest BCUT2D eigenvalue weighted by Crippen LogP contribution is 2.41. The molecule has 2 fully saturated rings. The average Bonchev–Trinajstić information content (AvgIpc) is 2.88. The normalized spacial score (nSPS) is 27.4. The third-order valence-corrected chi connectivity index (χ3v) is 6.54. The van der Waals surface area contributed by atoms with E-state index in [-0.39, 0.29) is 28.6 Å². The molecule has 0 radical (unpaired) electrons. The second-order valence-corrected chi connectivity index (χ2v) is 9.01. The number of amides is 1. The Kier molecular flexibility index (Phi) is 3.78. The van der Waals surface area contributed by atoms with Gasteiger partial charge in [0.05, 0.1) is 16.6 Å². The zero-order valence-corrected chi connectivity index (χ0v) is 14.9. The van der Waals surface area contributed by atoms with E-state index in [1.165, 1.54) is 11.3 Å². The predicted molar refractivity (Wildman–Crippen MR) is 91.5 cm³/mol. The van der Waals surface area contributed by atoms with Crippen molar-refractivity contribution in [1.82, 2.24) is 10.3 Å². The third-order valence-electron chi connectivity index (χ3n) is 5.49. The monoisotopic (exact) mass is 349 g/mol. The SMILES string of the molecule is CC1(C)CC(=O)c2sc(NC(=O)C3NCC34CCOCC4)nc2C1. The zero-order valence-electron chi connectivity index (χ0n) is 14.1. The fourth-order valence-electron chi connectivity index (χ4n) is 4.06. The summed E-state index contributed by atoms with van der Waals surface area (Å²) in [6.45, 7) is 6.48. The fourth-order valence-corrected chi connectivity index (χ4v) is 4.98. The van der Waals surface area contributed by atoms with Crippen LogP contribution in [0.3, 0.4) is 0 Å². The maximum Gasteiger partial charge on any atom is 0.243 e. The minimum atomic E-state index is -0.186. The van der Waals surface area contributed by atoms with E-state index in [4.69, 9.17) is 4.74 Å². The Labute approximate surface area is 145 Å². The quantitative estimate of drug-likeness (QED) is 0.854. The van der Waals surface area contributed by atoms with Gasteiger partial charge in [0, 0.05) is 31.6 Å². The number of aromatic nitrogens is 1. The van der Waals surface area contributed by atoms with Crippen LogP contribution in [0, 0.1) is 10.8 Å². The van der Waals surface area contributed by atoms with Crippen molar-refractivity contribution in [1.29, 1.82) is 0 Å². The Morgan fingerprint density at radius 1 is 1.33 bits per heavy atom. The predicted octanol–water partition coefficient (Wildman–Crippen LogP) is 2.01. The summed E-state index contributed by atoms with van der Waals surface area (Å²) < 4.78 is 5.43. The van der Waals surface area contributed by atoms with Crippen LogP contribution in [-0.4, -0.2) is 42.5 Å². The van der Waals surface area contributed by atoms with E-state index in [9.17, 15) is 9.59 Å². The van der Waals surface area contributed by atoms with Crippen molar-refractivity contribution in [2.75, 3.05) is 25.1 Å². The van der Waals surface area contributed by atoms with E-state index in [2.05, 4.69) is 29.5 Å². The number of hydrogen-bond acceptors (Lipinski definition) is 6. The molecule has 130 valence electrons. The van der Waals surface area contributed by atoms with Gasteiger partial charge in [0.15, 0.2) is 10.9 Å². The summed E-state index contributed by atoms with van der Waals surface area (Å²) in [4.78, 5) is 30.2. The summed E-state index contributed by atoms with van der Waals surface area (Å²) in [5.41, 5.74) is 0.803. The highest BCUT2D eigenvalue weighted by molar-refractivity contribution is 7.17. The number of nitrogens with one attached hydrogen (secondary N) is 2. The molecule has 6 nitrogen and oxygen atoms in total. The second kappa shape index (κ2) is 5.61. The molecule has 2 N–H and O–H groups in total. The molecule has 3 aliphatic rings. The molecule has 1 atom stereocenters. The molecule has 3 heterocycles. The van der Waals surface area contributed by atoms with Gasteiger partial charge in [0.25, 0.3) is 0 Å². The molecule has 4 rings (SSSR count). The topological polar surface area (TPSA) is 80.3 Å². The highest BCUT2D eigenvalue weighted by Gasteiger charge is 2.51. The van der Waals surface area contributed by atoms with Crippen LogP contribution < -0.4 is 10.6 Å². The number of fused-ring (bicyclic) bond motifs is 1. The summed E-state index contributed by atoms with van der Waals surface area (Å²) in [5.74, 6) is 0.0999. The van der Waals surface area contributed by atoms with Crippen molar-refractivity contribution in [3.8, 4) is 0 Å². The minimum Gasteiger partial charge on any atom is -0.381 e. The van der Waals surface area contributed by atoms with Gasteiger partial charge in [0.1, 0.15) is 0 Å². The number of ether oxygens (including phenoxy) is 1. The zero-order chi connectivity index (χ0) is 16.9. The number of Topliss-reactive ketones (excluding diaryl/α,β-unsaturated/α-hetero) is 1. The maximum atomic E-state index is 12.7. The van der Waals surface area contributed by atoms with Crippen molar-refractivity contribution < 1.29 is 14.3 Å². The molecular weight excluding hydrogens is 326 g/mol. The van der Waals surface area contributed by atoms with E-state index < -0.39 is 0 Å². The second-order valence-electron chi connectivity index (χ2n) is 8.01. The average molecular weight is 349 g/mol. The van der Waals surface area contributed by atoms with Gasteiger partial charge in [-0.15, -0.1) is 0 Å². The summed E-state index contributed by atoms with van der Waals surface area (Å²) in [7, 11) is 0. The van der Waals surface area contributed by atoms with Gasteiger partial charge in [-0.2, -0.15) is 0 Å². The number of carbonyl (C=O) groups excluding carboxylic acids is 2. The molecule has 2 aliphatic heterocycles. The van der Waals surface area contributed by atoms with Crippen LogP contribution in [0.5, 0.6) is 0 Å². The van der Waals surface area contributed by atoms with Crippen molar-refractivity contribution in [3.05, 3.63) is 10.6 Å². The molecule has 2 saturated heterocycles. The Balaban J connectivity index is 1.48. The van der Waals surface area contributed by atoms with Gasteiger partial charge in [-0.05, 0) is 24.7 Å². The lowest BCUT2D eigenvalue weighted by molar-refractivity contribution is -0.130. The van der Waals surface area contributed by atoms with Crippen LogP contribution in [0.25, 0.3) is 0 Å². The van der Waals surface area contributed by atoms with Crippen molar-refractivity contribution in [2.24, 2.45) is 10.8 Å². The lowest BCUT2D eigenvalue weighted by Crippen LogP contribution is -2.68. The first-order valence-electron chi connectivity index (χ1n) is 8.54. The molecule has 7 heteroatoms. The molecule has 1 aromatic heterocycles. The first-order valence-corrected chi connectivity index (χ1v) is 9.35. The van der Waals surface area contributed by atoms with E-state index >= 15 is 0 Å². The molecule has 0 saturated carbocycles. The summed E-state index contributed by atoms with van der Waals surface area (Å²) in [6.07, 6.45) is 3.16. The van der Waals surface area contributed by atoms with Gasteiger partial charge in [-0.3, -0.25) is 9.59 Å². The Bertz CT molecular complexity index is 691. The molecule has 1 aliphatic carbocycles. The number of carbonyl (C=O) groups is 2. The van der Waals surface area contributed by atoms with Crippen molar-refractivity contribution in [2.45, 2.75) is 45.6 Å². The standard InChI is InChI=1S/C17H23N3O3S/c1-16(2)7-10-12(11(21)8-16)24-15(19-10)20-14(22)13-17(9-18-13)3-5-23-6-4-17/h13,18H,3-9H2,1-2H3,(H,19,20,22). The molecule has 1 unspecified atom stereocenters. The van der Waals surface area contributed by atoms with E-state index in [0.717, 1.165) is 44.7 Å². The third kappa shape index (κ3) is 2.68. The largest absolute Gasteiger partial charge is 0.381 e. The molecule has 1 aromatic rings. The van der Waals surface area contributed by atoms with Crippen molar-refractivity contribution in [3.63, 3.8) is 0 Å². The Morgan fingerprint density at radius 2 is 2.08 bits per heavy atom. The van der Waals surface area contributed by atoms with Gasteiger partial charge >= 0.3 is 0 Å². The van der Waals surface area contributed by atoms with E-state index in [1.54, 1.807) is 0 Å². The lowest BCUT2D eigenvalue weighted by atomic mass is 9.67. The Hall–Kier alpha value is -1.31. The van der Waals surface area contributed by atoms with Crippen LogP contribution in [0.1, 0.15) is 48.5 Å². The number of rotatable bonds is 2. The van der Waals surface area contributed by atoms with Crippen molar-refractivity contribution >= 4 is 28.2 Å². The van der Waals surface area contributed by atoms with Crippen LogP contribution in [-0.2, 0) is 16.0 Å². The summed E-state index contributed by atoms with van der Waals surface area (Å²) >= 11 is 1.31. The fraction of sp³-hybridized carbons (Fsp3) is 0.706. The van der Waals surface area contributed by atoms with Crippen LogP contribution >= 0.6 is 11.3 Å². The molecule has 1 amide bonds. The molecule has 1 spiro atoms. The minimum absolute atomic E-state index is 0.0248. The van der Waals surface area contributed by atoms with Crippen LogP contribution in [0.15, 0.2) is 0 Å². The number of ketones is 1. The lowest BCUT2D eigenvalue weighted by Gasteiger charge is -2.51. The molecule has 0 aromatic carbocycles. The summed E-state index contributed by atoms with van der Waals surface area (Å²) in [5, 5.41) is 6.73. The number of thiazole rings is 1. The van der Waals surface area contributed by atoms with Crippen LogP contribution in [0.4, 0.5) is 5.13 Å². The highest BCUT2D eigenvalue weighted by atomic mass is 32.1. The molecule has 0 bridgehead atoms. The van der Waals surface area contributed by atoms with E-state index in [0.29, 0.717) is 16.4 Å². The number of anilines is 1. The smallest absolute Gasteiger partial charge is 0.243 e. The number of nitrogens with zero attached hydrogens (tertiary/aromatic N) is 1. The molecular formula is C17H23N3O3S. The van der Waals surface area contributed by atoms with Gasteiger partial charge in [-0.1, -0.05) is 25.2 Å². The van der Waals surface area contributed by atoms with Gasteiger partial charge in [-0.25, -0.2) is 4.98 Å².